The van der Waals surface area contributed by atoms with Gasteiger partial charge < -0.3 is 20.3 Å². The lowest BCUT2D eigenvalue weighted by Gasteiger charge is -2.25. The molecule has 24 heavy (non-hydrogen) atoms. The Morgan fingerprint density at radius 2 is 1.67 bits per heavy atom. The molecule has 0 spiro atoms. The first-order valence-corrected chi connectivity index (χ1v) is 7.53. The molecule has 0 aliphatic carbocycles. The summed E-state index contributed by atoms with van der Waals surface area (Å²) in [5.74, 6) is 0.0510. The molecule has 0 bridgehead atoms. The molecule has 2 aromatic carbocycles. The smallest absolute Gasteiger partial charge is 0.246 e. The quantitative estimate of drug-likeness (QED) is 0.875. The third-order valence-corrected chi connectivity index (χ3v) is 3.65. The molecule has 6 heteroatoms. The van der Waals surface area contributed by atoms with Gasteiger partial charge in [0.05, 0.1) is 13.7 Å². The van der Waals surface area contributed by atoms with Gasteiger partial charge in [0.1, 0.15) is 12.3 Å². The molecule has 0 radical (unpaired) electrons. The predicted octanol–water partition coefficient (Wildman–Crippen LogP) is 1.65. The van der Waals surface area contributed by atoms with Crippen molar-refractivity contribution in [2.45, 2.75) is 0 Å². The van der Waals surface area contributed by atoms with E-state index in [0.717, 1.165) is 5.69 Å². The van der Waals surface area contributed by atoms with Crippen LogP contribution in [-0.4, -0.2) is 39.1 Å². The van der Waals surface area contributed by atoms with Crippen molar-refractivity contribution in [3.05, 3.63) is 54.6 Å². The fourth-order valence-corrected chi connectivity index (χ4v) is 2.25. The summed E-state index contributed by atoms with van der Waals surface area (Å²) in [6, 6.07) is 16.2. The topological polar surface area (TPSA) is 75.9 Å². The number of anilines is 2. The standard InChI is InChI=1S/C18H21N3O3/c1-20(14-7-4-3-5-8-14)18(23)13-21(17(22)12-19)15-9-6-10-16(11-15)24-2/h3-11H,12-13,19H2,1-2H3. The van der Waals surface area contributed by atoms with E-state index in [1.165, 1.54) is 9.80 Å². The maximum atomic E-state index is 12.6. The average Bonchev–Trinajstić information content (AvgIpc) is 2.65. The van der Waals surface area contributed by atoms with Gasteiger partial charge in [0.15, 0.2) is 0 Å². The summed E-state index contributed by atoms with van der Waals surface area (Å²) in [6.07, 6.45) is 0. The van der Waals surface area contributed by atoms with E-state index in [1.54, 1.807) is 38.4 Å². The summed E-state index contributed by atoms with van der Waals surface area (Å²) in [5, 5.41) is 0. The molecule has 2 amide bonds. The van der Waals surface area contributed by atoms with Crippen LogP contribution in [0.1, 0.15) is 0 Å². The lowest BCUT2D eigenvalue weighted by molar-refractivity contribution is -0.121. The van der Waals surface area contributed by atoms with Gasteiger partial charge in [-0.2, -0.15) is 0 Å². The molecule has 0 saturated heterocycles. The van der Waals surface area contributed by atoms with Crippen molar-refractivity contribution in [3.8, 4) is 5.75 Å². The van der Waals surface area contributed by atoms with Crippen molar-refractivity contribution >= 4 is 23.2 Å². The molecule has 2 aromatic rings. The van der Waals surface area contributed by atoms with Crippen LogP contribution in [-0.2, 0) is 9.59 Å². The van der Waals surface area contributed by atoms with Crippen molar-refractivity contribution in [3.63, 3.8) is 0 Å². The van der Waals surface area contributed by atoms with Crippen molar-refractivity contribution in [2.75, 3.05) is 37.0 Å². The first-order chi connectivity index (χ1) is 11.6. The van der Waals surface area contributed by atoms with Crippen LogP contribution in [0.2, 0.25) is 0 Å². The molecule has 0 heterocycles. The lowest BCUT2D eigenvalue weighted by Crippen LogP contribution is -2.44. The highest BCUT2D eigenvalue weighted by molar-refractivity contribution is 6.04. The van der Waals surface area contributed by atoms with Gasteiger partial charge in [-0.3, -0.25) is 9.59 Å². The normalized spacial score (nSPS) is 10.1. The Hall–Kier alpha value is -2.86. The molecular formula is C18H21N3O3. The number of hydrogen-bond acceptors (Lipinski definition) is 4. The maximum absolute atomic E-state index is 12.6. The number of ether oxygens (including phenoxy) is 1. The third-order valence-electron chi connectivity index (χ3n) is 3.65. The van der Waals surface area contributed by atoms with Crippen LogP contribution in [0.15, 0.2) is 54.6 Å². The molecule has 0 aromatic heterocycles. The van der Waals surface area contributed by atoms with E-state index in [1.807, 2.05) is 30.3 Å². The molecule has 0 unspecified atom stereocenters. The summed E-state index contributed by atoms with van der Waals surface area (Å²) >= 11 is 0. The van der Waals surface area contributed by atoms with E-state index >= 15 is 0 Å². The number of rotatable bonds is 6. The first kappa shape index (κ1) is 17.5. The van der Waals surface area contributed by atoms with Gasteiger partial charge in [0.25, 0.3) is 0 Å². The minimum atomic E-state index is -0.335. The second-order valence-corrected chi connectivity index (χ2v) is 5.17. The number of para-hydroxylation sites is 1. The minimum absolute atomic E-state index is 0.103. The molecule has 2 rings (SSSR count). The van der Waals surface area contributed by atoms with Crippen LogP contribution in [0.4, 0.5) is 11.4 Å². The van der Waals surface area contributed by atoms with Crippen LogP contribution < -0.4 is 20.3 Å². The fourth-order valence-electron chi connectivity index (χ4n) is 2.25. The van der Waals surface area contributed by atoms with Crippen molar-refractivity contribution < 1.29 is 14.3 Å². The lowest BCUT2D eigenvalue weighted by atomic mass is 10.2. The van der Waals surface area contributed by atoms with E-state index < -0.39 is 0 Å². The second-order valence-electron chi connectivity index (χ2n) is 5.17. The number of amides is 2. The Kier molecular flexibility index (Phi) is 5.92. The summed E-state index contributed by atoms with van der Waals surface area (Å²) in [5.41, 5.74) is 6.82. The maximum Gasteiger partial charge on any atom is 0.246 e. The van der Waals surface area contributed by atoms with E-state index in [4.69, 9.17) is 10.5 Å². The zero-order valence-electron chi connectivity index (χ0n) is 13.8. The Bertz CT molecular complexity index is 704. The van der Waals surface area contributed by atoms with E-state index in [-0.39, 0.29) is 24.9 Å². The minimum Gasteiger partial charge on any atom is -0.497 e. The van der Waals surface area contributed by atoms with E-state index in [9.17, 15) is 9.59 Å². The van der Waals surface area contributed by atoms with Crippen molar-refractivity contribution in [1.82, 2.24) is 0 Å². The second kappa shape index (κ2) is 8.12. The molecule has 0 aliphatic heterocycles. The number of methoxy groups -OCH3 is 1. The van der Waals surface area contributed by atoms with Gasteiger partial charge in [-0.15, -0.1) is 0 Å². The number of nitrogens with zero attached hydrogens (tertiary/aromatic N) is 2. The molecule has 0 saturated carbocycles. The summed E-state index contributed by atoms with van der Waals surface area (Å²) < 4.78 is 5.18. The number of likely N-dealkylation sites (N-methyl/N-ethyl adjacent to an activating group) is 1. The van der Waals surface area contributed by atoms with Crippen molar-refractivity contribution in [1.29, 1.82) is 0 Å². The van der Waals surface area contributed by atoms with Gasteiger partial charge in [-0.25, -0.2) is 0 Å². The van der Waals surface area contributed by atoms with Crippen molar-refractivity contribution in [2.24, 2.45) is 5.73 Å². The Morgan fingerprint density at radius 1 is 1.00 bits per heavy atom. The Morgan fingerprint density at radius 3 is 2.29 bits per heavy atom. The number of hydrogen-bond donors (Lipinski definition) is 1. The summed E-state index contributed by atoms with van der Waals surface area (Å²) in [6.45, 7) is -0.284. The molecular weight excluding hydrogens is 306 g/mol. The van der Waals surface area contributed by atoms with Gasteiger partial charge in [0, 0.05) is 24.5 Å². The highest BCUT2D eigenvalue weighted by Crippen LogP contribution is 2.21. The molecule has 2 N–H and O–H groups in total. The van der Waals surface area contributed by atoms with Gasteiger partial charge in [0.2, 0.25) is 11.8 Å². The molecule has 6 nitrogen and oxygen atoms in total. The predicted molar refractivity (Wildman–Crippen MR) is 94.3 cm³/mol. The number of carbonyl (C=O) groups is 2. The largest absolute Gasteiger partial charge is 0.497 e. The highest BCUT2D eigenvalue weighted by Gasteiger charge is 2.21. The average molecular weight is 327 g/mol. The first-order valence-electron chi connectivity index (χ1n) is 7.53. The molecule has 0 atom stereocenters. The van der Waals surface area contributed by atoms with Crippen LogP contribution in [0, 0.1) is 0 Å². The summed E-state index contributed by atoms with van der Waals surface area (Å²) in [7, 11) is 3.22. The Balaban J connectivity index is 2.22. The number of carbonyl (C=O) groups excluding carboxylic acids is 2. The zero-order valence-corrected chi connectivity index (χ0v) is 13.8. The van der Waals surface area contributed by atoms with Gasteiger partial charge >= 0.3 is 0 Å². The van der Waals surface area contributed by atoms with Gasteiger partial charge in [-0.05, 0) is 24.3 Å². The molecule has 126 valence electrons. The number of nitrogens with two attached hydrogens (primary N) is 1. The van der Waals surface area contributed by atoms with Crippen LogP contribution in [0.25, 0.3) is 0 Å². The van der Waals surface area contributed by atoms with Crippen LogP contribution in [0.3, 0.4) is 0 Å². The van der Waals surface area contributed by atoms with E-state index in [2.05, 4.69) is 0 Å². The SMILES string of the molecule is COc1cccc(N(CC(=O)N(C)c2ccccc2)C(=O)CN)c1. The van der Waals surface area contributed by atoms with Crippen LogP contribution >= 0.6 is 0 Å². The third kappa shape index (κ3) is 4.11. The fraction of sp³-hybridized carbons (Fsp3) is 0.222. The van der Waals surface area contributed by atoms with Crippen LogP contribution in [0.5, 0.6) is 5.75 Å². The van der Waals surface area contributed by atoms with E-state index in [0.29, 0.717) is 11.4 Å². The molecule has 0 aliphatic rings. The zero-order chi connectivity index (χ0) is 17.5. The van der Waals surface area contributed by atoms with Gasteiger partial charge in [-0.1, -0.05) is 24.3 Å². The number of benzene rings is 2. The summed E-state index contributed by atoms with van der Waals surface area (Å²) in [4.78, 5) is 27.6. The monoisotopic (exact) mass is 327 g/mol. The molecule has 0 fully saturated rings. The Labute approximate surface area is 141 Å². The highest BCUT2D eigenvalue weighted by atomic mass is 16.5.